The van der Waals surface area contributed by atoms with Crippen LogP contribution in [0.1, 0.15) is 31.7 Å². The van der Waals surface area contributed by atoms with E-state index in [1.165, 1.54) is 0 Å². The van der Waals surface area contributed by atoms with Gasteiger partial charge in [-0.3, -0.25) is 4.79 Å². The SMILES string of the molecule is O=c1c(N2CCC(Oc3cccc(Br)c3)CC2)nccn1C1CC1. The van der Waals surface area contributed by atoms with Crippen molar-refractivity contribution in [3.63, 3.8) is 0 Å². The van der Waals surface area contributed by atoms with Gasteiger partial charge < -0.3 is 14.2 Å². The highest BCUT2D eigenvalue weighted by Gasteiger charge is 2.28. The maximum atomic E-state index is 12.6. The normalized spacial score (nSPS) is 18.6. The molecule has 1 aliphatic carbocycles. The molecule has 1 aliphatic heterocycles. The molecule has 2 heterocycles. The van der Waals surface area contributed by atoms with Crippen LogP contribution in [-0.4, -0.2) is 28.7 Å². The topological polar surface area (TPSA) is 47.4 Å². The summed E-state index contributed by atoms with van der Waals surface area (Å²) in [7, 11) is 0. The Morgan fingerprint density at radius 3 is 2.67 bits per heavy atom. The predicted molar refractivity (Wildman–Crippen MR) is 96.8 cm³/mol. The zero-order chi connectivity index (χ0) is 16.5. The van der Waals surface area contributed by atoms with Crippen LogP contribution >= 0.6 is 15.9 Å². The monoisotopic (exact) mass is 389 g/mol. The minimum Gasteiger partial charge on any atom is -0.490 e. The van der Waals surface area contributed by atoms with E-state index < -0.39 is 0 Å². The van der Waals surface area contributed by atoms with Gasteiger partial charge in [-0.1, -0.05) is 22.0 Å². The third-order valence-corrected chi connectivity index (χ3v) is 5.12. The molecule has 1 aromatic carbocycles. The van der Waals surface area contributed by atoms with Gasteiger partial charge >= 0.3 is 0 Å². The minimum atomic E-state index is 0.0476. The van der Waals surface area contributed by atoms with Gasteiger partial charge in [-0.25, -0.2) is 4.98 Å². The second-order valence-corrected chi connectivity index (χ2v) is 7.37. The maximum absolute atomic E-state index is 12.6. The van der Waals surface area contributed by atoms with Crippen LogP contribution in [0.3, 0.4) is 0 Å². The molecular weight excluding hydrogens is 370 g/mol. The average Bonchev–Trinajstić information content (AvgIpc) is 3.41. The summed E-state index contributed by atoms with van der Waals surface area (Å²) in [6.07, 6.45) is 7.74. The Morgan fingerprint density at radius 1 is 1.17 bits per heavy atom. The highest BCUT2D eigenvalue weighted by Crippen LogP contribution is 2.33. The Labute approximate surface area is 149 Å². The van der Waals surface area contributed by atoms with Crippen molar-refractivity contribution in [3.8, 4) is 5.75 Å². The number of nitrogens with zero attached hydrogens (tertiary/aromatic N) is 3. The van der Waals surface area contributed by atoms with Gasteiger partial charge in [0.1, 0.15) is 11.9 Å². The second-order valence-electron chi connectivity index (χ2n) is 6.46. The van der Waals surface area contributed by atoms with Gasteiger partial charge in [0.2, 0.25) is 0 Å². The summed E-state index contributed by atoms with van der Waals surface area (Å²) in [5.74, 6) is 1.47. The number of piperidine rings is 1. The number of halogens is 1. The molecule has 0 spiro atoms. The fourth-order valence-electron chi connectivity index (χ4n) is 3.19. The molecule has 6 heteroatoms. The highest BCUT2D eigenvalue weighted by molar-refractivity contribution is 9.10. The van der Waals surface area contributed by atoms with E-state index in [-0.39, 0.29) is 11.7 Å². The van der Waals surface area contributed by atoms with Gasteiger partial charge in [0.05, 0.1) is 0 Å². The summed E-state index contributed by atoms with van der Waals surface area (Å²) in [5, 5.41) is 0. The predicted octanol–water partition coefficient (Wildman–Crippen LogP) is 3.39. The molecule has 0 radical (unpaired) electrons. The molecule has 126 valence electrons. The quantitative estimate of drug-likeness (QED) is 0.803. The lowest BCUT2D eigenvalue weighted by Crippen LogP contribution is -2.42. The van der Waals surface area contributed by atoms with Gasteiger partial charge in [0.25, 0.3) is 5.56 Å². The van der Waals surface area contributed by atoms with E-state index in [2.05, 4.69) is 25.8 Å². The molecule has 0 bridgehead atoms. The number of aromatic nitrogens is 2. The van der Waals surface area contributed by atoms with Gasteiger partial charge in [-0.15, -0.1) is 0 Å². The Balaban J connectivity index is 1.41. The lowest BCUT2D eigenvalue weighted by Gasteiger charge is -2.32. The van der Waals surface area contributed by atoms with Crippen molar-refractivity contribution in [2.75, 3.05) is 18.0 Å². The molecule has 24 heavy (non-hydrogen) atoms. The fraction of sp³-hybridized carbons (Fsp3) is 0.444. The number of ether oxygens (including phenoxy) is 1. The second kappa shape index (κ2) is 6.59. The smallest absolute Gasteiger partial charge is 0.293 e. The van der Waals surface area contributed by atoms with Crippen LogP contribution in [0, 0.1) is 0 Å². The van der Waals surface area contributed by atoms with Gasteiger partial charge in [0, 0.05) is 48.8 Å². The van der Waals surface area contributed by atoms with Crippen LogP contribution in [0.15, 0.2) is 45.9 Å². The summed E-state index contributed by atoms with van der Waals surface area (Å²) < 4.78 is 8.92. The van der Waals surface area contributed by atoms with E-state index in [1.54, 1.807) is 6.20 Å². The number of hydrogen-bond donors (Lipinski definition) is 0. The fourth-order valence-corrected chi connectivity index (χ4v) is 3.57. The minimum absolute atomic E-state index is 0.0476. The van der Waals surface area contributed by atoms with E-state index in [4.69, 9.17) is 4.74 Å². The Hall–Kier alpha value is -1.82. The first-order valence-corrected chi connectivity index (χ1v) is 9.24. The van der Waals surface area contributed by atoms with E-state index in [9.17, 15) is 4.79 Å². The molecule has 0 N–H and O–H groups in total. The Kier molecular flexibility index (Phi) is 4.31. The van der Waals surface area contributed by atoms with E-state index in [1.807, 2.05) is 35.0 Å². The van der Waals surface area contributed by atoms with E-state index in [0.717, 1.165) is 49.0 Å². The first-order chi connectivity index (χ1) is 11.7. The van der Waals surface area contributed by atoms with Crippen molar-refractivity contribution in [1.29, 1.82) is 0 Å². The van der Waals surface area contributed by atoms with Crippen molar-refractivity contribution in [2.45, 2.75) is 37.8 Å². The third-order valence-electron chi connectivity index (χ3n) is 4.63. The van der Waals surface area contributed by atoms with Crippen LogP contribution in [0.5, 0.6) is 5.75 Å². The van der Waals surface area contributed by atoms with Crippen molar-refractivity contribution in [2.24, 2.45) is 0 Å². The van der Waals surface area contributed by atoms with Gasteiger partial charge in [0.15, 0.2) is 5.82 Å². The lowest BCUT2D eigenvalue weighted by molar-refractivity contribution is 0.170. The number of anilines is 1. The molecule has 0 atom stereocenters. The molecule has 2 aliphatic rings. The Bertz CT molecular complexity index is 780. The van der Waals surface area contributed by atoms with Crippen molar-refractivity contribution in [3.05, 3.63) is 51.5 Å². The molecule has 2 fully saturated rings. The summed E-state index contributed by atoms with van der Waals surface area (Å²) in [6.45, 7) is 1.60. The van der Waals surface area contributed by atoms with Gasteiger partial charge in [-0.2, -0.15) is 0 Å². The average molecular weight is 390 g/mol. The number of hydrogen-bond acceptors (Lipinski definition) is 4. The summed E-state index contributed by atoms with van der Waals surface area (Å²) in [4.78, 5) is 19.0. The highest BCUT2D eigenvalue weighted by atomic mass is 79.9. The molecule has 5 nitrogen and oxygen atoms in total. The van der Waals surface area contributed by atoms with Crippen LogP contribution in [0.4, 0.5) is 5.82 Å². The molecule has 1 saturated heterocycles. The lowest BCUT2D eigenvalue weighted by atomic mass is 10.1. The summed E-state index contributed by atoms with van der Waals surface area (Å²) in [5.41, 5.74) is 0.0476. The van der Waals surface area contributed by atoms with Crippen LogP contribution < -0.4 is 15.2 Å². The molecule has 1 saturated carbocycles. The molecule has 1 aromatic heterocycles. The molecule has 4 rings (SSSR count). The van der Waals surface area contributed by atoms with E-state index in [0.29, 0.717) is 11.9 Å². The standard InChI is InChI=1S/C18H20BrN3O2/c19-13-2-1-3-16(12-13)24-15-6-9-21(10-7-15)17-18(23)22(11-8-20-17)14-4-5-14/h1-3,8,11-12,14-15H,4-7,9-10H2. The Morgan fingerprint density at radius 2 is 1.96 bits per heavy atom. The summed E-state index contributed by atoms with van der Waals surface area (Å²) >= 11 is 3.46. The molecule has 2 aromatic rings. The summed E-state index contributed by atoms with van der Waals surface area (Å²) in [6, 6.07) is 8.31. The van der Waals surface area contributed by atoms with E-state index >= 15 is 0 Å². The van der Waals surface area contributed by atoms with Crippen molar-refractivity contribution >= 4 is 21.7 Å². The zero-order valence-corrected chi connectivity index (χ0v) is 15.0. The largest absolute Gasteiger partial charge is 0.490 e. The maximum Gasteiger partial charge on any atom is 0.293 e. The van der Waals surface area contributed by atoms with Gasteiger partial charge in [-0.05, 0) is 31.0 Å². The number of benzene rings is 1. The van der Waals surface area contributed by atoms with Crippen LogP contribution in [0.25, 0.3) is 0 Å². The van der Waals surface area contributed by atoms with Crippen LogP contribution in [-0.2, 0) is 0 Å². The molecule has 0 amide bonds. The zero-order valence-electron chi connectivity index (χ0n) is 13.4. The van der Waals surface area contributed by atoms with Crippen molar-refractivity contribution < 1.29 is 4.74 Å². The first kappa shape index (κ1) is 15.7. The molecule has 0 unspecified atom stereocenters. The third kappa shape index (κ3) is 3.34. The molecular formula is C18H20BrN3O2. The number of rotatable bonds is 4. The van der Waals surface area contributed by atoms with Crippen molar-refractivity contribution in [1.82, 2.24) is 9.55 Å². The van der Waals surface area contributed by atoms with Crippen LogP contribution in [0.2, 0.25) is 0 Å². The first-order valence-electron chi connectivity index (χ1n) is 8.45.